The number of aliphatic hydroxyl groups is 1. The molecule has 0 fully saturated rings. The zero-order chi connectivity index (χ0) is 6.69. The third-order valence-electron chi connectivity index (χ3n) is 1.07. The van der Waals surface area contributed by atoms with Crippen molar-refractivity contribution in [2.45, 2.75) is 6.04 Å². The number of aliphatic hydroxyl groups excluding tert-OH is 1. The van der Waals surface area contributed by atoms with Crippen LogP contribution in [0.5, 0.6) is 0 Å². The molecular weight excluding hydrogens is 138 g/mol. The summed E-state index contributed by atoms with van der Waals surface area (Å²) in [6.07, 6.45) is 1.90. The third kappa shape index (κ3) is 1.59. The lowest BCUT2D eigenvalue weighted by molar-refractivity contribution is 0.229. The van der Waals surface area contributed by atoms with Crippen molar-refractivity contribution in [1.82, 2.24) is 0 Å². The van der Waals surface area contributed by atoms with Crippen LogP contribution in [0.25, 0.3) is 0 Å². The highest BCUT2D eigenvalue weighted by Gasteiger charge is 2.15. The highest BCUT2D eigenvalue weighted by atomic mass is 32.2. The Hall–Kier alpha value is -0.220. The summed E-state index contributed by atoms with van der Waals surface area (Å²) in [4.78, 5) is 4.03. The molecule has 52 valence electrons. The molecule has 0 aromatic rings. The van der Waals surface area contributed by atoms with Gasteiger partial charge in [0.05, 0.1) is 6.61 Å². The summed E-state index contributed by atoms with van der Waals surface area (Å²) in [5, 5.41) is 9.27. The summed E-state index contributed by atoms with van der Waals surface area (Å²) < 4.78 is 5.06. The Bertz CT molecular complexity index is 126. The van der Waals surface area contributed by atoms with Crippen molar-refractivity contribution < 1.29 is 9.84 Å². The Morgan fingerprint density at radius 2 is 2.78 bits per heavy atom. The first-order chi connectivity index (χ1) is 4.36. The number of aliphatic imine (C=N–C) groups is 1. The predicted molar refractivity (Wildman–Crippen MR) is 37.8 cm³/mol. The first-order valence-corrected chi connectivity index (χ1v) is 3.94. The molecule has 1 heterocycles. The lowest BCUT2D eigenvalue weighted by Crippen LogP contribution is -2.10. The first-order valence-electron chi connectivity index (χ1n) is 2.72. The van der Waals surface area contributed by atoms with E-state index in [1.54, 1.807) is 0 Å². The minimum absolute atomic E-state index is 0.0209. The molecule has 3 nitrogen and oxygen atoms in total. The van der Waals surface area contributed by atoms with Crippen molar-refractivity contribution in [3.05, 3.63) is 0 Å². The van der Waals surface area contributed by atoms with Gasteiger partial charge in [-0.3, -0.25) is 0 Å². The average molecular weight is 147 g/mol. The van der Waals surface area contributed by atoms with Crippen molar-refractivity contribution in [1.29, 1.82) is 0 Å². The summed E-state index contributed by atoms with van der Waals surface area (Å²) in [6, 6.07) is -0.0209. The predicted octanol–water partition coefficient (Wildman–Crippen LogP) is 0.0965. The lowest BCUT2D eigenvalue weighted by atomic mass is 10.4. The summed E-state index contributed by atoms with van der Waals surface area (Å²) in [6.45, 7) is 0.622. The van der Waals surface area contributed by atoms with Gasteiger partial charge in [0.1, 0.15) is 12.6 Å². The van der Waals surface area contributed by atoms with Crippen molar-refractivity contribution in [3.63, 3.8) is 0 Å². The molecule has 1 unspecified atom stereocenters. The topological polar surface area (TPSA) is 41.8 Å². The number of rotatable bonds is 1. The van der Waals surface area contributed by atoms with E-state index in [0.29, 0.717) is 11.8 Å². The fraction of sp³-hybridized carbons (Fsp3) is 0.800. The van der Waals surface area contributed by atoms with E-state index in [0.717, 1.165) is 0 Å². The molecule has 1 aliphatic rings. The molecule has 1 atom stereocenters. The standard InChI is InChI=1S/C5H9NO2S/c1-9-5-6-4(2-7)3-8-5/h4,7H,2-3H2,1H3. The van der Waals surface area contributed by atoms with Crippen molar-refractivity contribution in [2.24, 2.45) is 4.99 Å². The molecule has 0 aliphatic carbocycles. The van der Waals surface area contributed by atoms with Crippen LogP contribution in [0, 0.1) is 0 Å². The number of hydrogen-bond acceptors (Lipinski definition) is 4. The summed E-state index contributed by atoms with van der Waals surface area (Å²) in [7, 11) is 0. The minimum Gasteiger partial charge on any atom is -0.471 e. The van der Waals surface area contributed by atoms with Crippen molar-refractivity contribution >= 4 is 17.0 Å². The molecular formula is C5H9NO2S. The minimum atomic E-state index is -0.0209. The maximum absolute atomic E-state index is 8.58. The van der Waals surface area contributed by atoms with Gasteiger partial charge in [-0.1, -0.05) is 11.8 Å². The van der Waals surface area contributed by atoms with Crippen LogP contribution in [0.2, 0.25) is 0 Å². The number of ether oxygens (including phenoxy) is 1. The van der Waals surface area contributed by atoms with Gasteiger partial charge >= 0.3 is 0 Å². The summed E-state index contributed by atoms with van der Waals surface area (Å²) >= 11 is 1.47. The molecule has 0 saturated carbocycles. The van der Waals surface area contributed by atoms with Gasteiger partial charge in [0.2, 0.25) is 5.23 Å². The Morgan fingerprint density at radius 3 is 3.11 bits per heavy atom. The van der Waals surface area contributed by atoms with Gasteiger partial charge in [-0.25, -0.2) is 4.99 Å². The molecule has 1 aliphatic heterocycles. The highest BCUT2D eigenvalue weighted by molar-refractivity contribution is 8.12. The van der Waals surface area contributed by atoms with Gasteiger partial charge in [-0.15, -0.1) is 0 Å². The van der Waals surface area contributed by atoms with Gasteiger partial charge in [0.25, 0.3) is 0 Å². The number of thioether (sulfide) groups is 1. The molecule has 0 aromatic carbocycles. The molecule has 4 heteroatoms. The van der Waals surface area contributed by atoms with E-state index in [1.165, 1.54) is 11.8 Å². The third-order valence-corrected chi connectivity index (χ3v) is 1.65. The zero-order valence-corrected chi connectivity index (χ0v) is 6.02. The normalized spacial score (nSPS) is 25.6. The van der Waals surface area contributed by atoms with E-state index in [2.05, 4.69) is 4.99 Å². The van der Waals surface area contributed by atoms with Gasteiger partial charge < -0.3 is 9.84 Å². The van der Waals surface area contributed by atoms with E-state index in [4.69, 9.17) is 9.84 Å². The molecule has 9 heavy (non-hydrogen) atoms. The maximum Gasteiger partial charge on any atom is 0.246 e. The number of hydrogen-bond donors (Lipinski definition) is 1. The van der Waals surface area contributed by atoms with E-state index in [1.807, 2.05) is 6.26 Å². The molecule has 0 radical (unpaired) electrons. The quantitative estimate of drug-likeness (QED) is 0.572. The van der Waals surface area contributed by atoms with Crippen LogP contribution >= 0.6 is 11.8 Å². The molecule has 1 rings (SSSR count). The Morgan fingerprint density at radius 1 is 2.00 bits per heavy atom. The second-order valence-corrected chi connectivity index (χ2v) is 2.50. The van der Waals surface area contributed by atoms with Crippen molar-refractivity contribution in [3.8, 4) is 0 Å². The van der Waals surface area contributed by atoms with Gasteiger partial charge in [0.15, 0.2) is 0 Å². The SMILES string of the molecule is CSC1=NC(CO)CO1. The molecule has 1 N–H and O–H groups in total. The lowest BCUT2D eigenvalue weighted by Gasteiger charge is -1.95. The van der Waals surface area contributed by atoms with Crippen LogP contribution in [-0.4, -0.2) is 35.8 Å². The second-order valence-electron chi connectivity index (χ2n) is 1.75. The Labute approximate surface area is 58.1 Å². The van der Waals surface area contributed by atoms with Gasteiger partial charge in [-0.2, -0.15) is 0 Å². The highest BCUT2D eigenvalue weighted by Crippen LogP contribution is 2.10. The molecule has 0 saturated heterocycles. The second kappa shape index (κ2) is 3.08. The van der Waals surface area contributed by atoms with E-state index in [9.17, 15) is 0 Å². The first kappa shape index (κ1) is 6.89. The van der Waals surface area contributed by atoms with Crippen LogP contribution in [0.1, 0.15) is 0 Å². The maximum atomic E-state index is 8.58. The van der Waals surface area contributed by atoms with Crippen LogP contribution < -0.4 is 0 Å². The van der Waals surface area contributed by atoms with Crippen molar-refractivity contribution in [2.75, 3.05) is 19.5 Å². The summed E-state index contributed by atoms with van der Waals surface area (Å²) in [5.74, 6) is 0. The molecule has 0 spiro atoms. The average Bonchev–Trinajstić information content (AvgIpc) is 2.34. The van der Waals surface area contributed by atoms with Crippen LogP contribution in [-0.2, 0) is 4.74 Å². The zero-order valence-electron chi connectivity index (χ0n) is 5.20. The largest absolute Gasteiger partial charge is 0.471 e. The van der Waals surface area contributed by atoms with E-state index < -0.39 is 0 Å². The van der Waals surface area contributed by atoms with Gasteiger partial charge in [-0.05, 0) is 6.26 Å². The number of nitrogens with zero attached hydrogens (tertiary/aromatic N) is 1. The molecule has 0 amide bonds. The Balaban J connectivity index is 2.40. The fourth-order valence-corrected chi connectivity index (χ4v) is 1.04. The Kier molecular flexibility index (Phi) is 2.36. The van der Waals surface area contributed by atoms with Crippen LogP contribution in [0.4, 0.5) is 0 Å². The van der Waals surface area contributed by atoms with Gasteiger partial charge in [0, 0.05) is 0 Å². The van der Waals surface area contributed by atoms with E-state index >= 15 is 0 Å². The monoisotopic (exact) mass is 147 g/mol. The molecule has 0 bridgehead atoms. The van der Waals surface area contributed by atoms with Crippen LogP contribution in [0.15, 0.2) is 4.99 Å². The molecule has 0 aromatic heterocycles. The fourth-order valence-electron chi connectivity index (χ4n) is 0.596. The van der Waals surface area contributed by atoms with Crippen LogP contribution in [0.3, 0.4) is 0 Å². The summed E-state index contributed by atoms with van der Waals surface area (Å²) in [5.41, 5.74) is 0. The van der Waals surface area contributed by atoms with E-state index in [-0.39, 0.29) is 12.6 Å². The smallest absolute Gasteiger partial charge is 0.246 e.